The number of nitrogens with zero attached hydrogens (tertiary/aromatic N) is 2. The second-order valence-corrected chi connectivity index (χ2v) is 7.77. The quantitative estimate of drug-likeness (QED) is 0.282. The zero-order valence-electron chi connectivity index (χ0n) is 18.1. The van der Waals surface area contributed by atoms with E-state index in [1.807, 2.05) is 18.2 Å². The average Bonchev–Trinajstić information content (AvgIpc) is 2.80. The lowest BCUT2D eigenvalue weighted by atomic mass is 10.1. The van der Waals surface area contributed by atoms with E-state index in [-0.39, 0.29) is 17.5 Å². The normalized spacial score (nSPS) is 16.3. The number of carbonyl (C=O) groups excluding carboxylic acids is 2. The van der Waals surface area contributed by atoms with Gasteiger partial charge in [0, 0.05) is 25.7 Å². The Bertz CT molecular complexity index is 951. The van der Waals surface area contributed by atoms with Crippen molar-refractivity contribution in [2.45, 2.75) is 25.9 Å². The van der Waals surface area contributed by atoms with Crippen molar-refractivity contribution in [2.75, 3.05) is 38.1 Å². The highest BCUT2D eigenvalue weighted by Crippen LogP contribution is 2.25. The van der Waals surface area contributed by atoms with Crippen LogP contribution in [0.25, 0.3) is 0 Å². The molecule has 2 N–H and O–H groups in total. The van der Waals surface area contributed by atoms with Crippen molar-refractivity contribution in [1.29, 1.82) is 0 Å². The summed E-state index contributed by atoms with van der Waals surface area (Å²) in [6.45, 7) is 5.33. The van der Waals surface area contributed by atoms with Crippen LogP contribution in [-0.2, 0) is 14.3 Å². The zero-order chi connectivity index (χ0) is 22.9. The van der Waals surface area contributed by atoms with E-state index in [9.17, 15) is 19.7 Å². The van der Waals surface area contributed by atoms with Crippen molar-refractivity contribution in [2.24, 2.45) is 0 Å². The highest BCUT2D eigenvalue weighted by Gasteiger charge is 2.22. The molecule has 0 spiro atoms. The minimum Gasteiger partial charge on any atom is -0.371 e. The largest absolute Gasteiger partial charge is 0.371 e. The summed E-state index contributed by atoms with van der Waals surface area (Å²) >= 11 is 0. The molecule has 2 aromatic carbocycles. The summed E-state index contributed by atoms with van der Waals surface area (Å²) < 4.78 is 5.87. The van der Waals surface area contributed by atoms with Gasteiger partial charge in [0.15, 0.2) is 0 Å². The van der Waals surface area contributed by atoms with E-state index < -0.39 is 16.7 Å². The zero-order valence-corrected chi connectivity index (χ0v) is 18.1. The maximum atomic E-state index is 12.1. The smallest absolute Gasteiger partial charge is 0.313 e. The molecule has 1 unspecified atom stereocenters. The molecule has 2 amide bonds. The van der Waals surface area contributed by atoms with E-state index in [2.05, 4.69) is 27.7 Å². The molecular formula is C23H28N4O5. The van der Waals surface area contributed by atoms with E-state index in [1.165, 1.54) is 17.7 Å². The fourth-order valence-corrected chi connectivity index (χ4v) is 3.60. The second kappa shape index (κ2) is 11.4. The number of carbonyl (C=O) groups is 2. The number of morpholine rings is 1. The molecule has 2 aromatic rings. The molecule has 0 saturated carbocycles. The molecular weight excluding hydrogens is 412 g/mol. The molecule has 0 bridgehead atoms. The van der Waals surface area contributed by atoms with Crippen LogP contribution in [0.15, 0.2) is 48.5 Å². The van der Waals surface area contributed by atoms with Crippen molar-refractivity contribution in [1.82, 2.24) is 10.2 Å². The standard InChI is InChI=1S/C23H28N4O5/c1-17-9-10-19(20(15-17)27(30)31)25-23(29)22(28)24-11-5-6-12-26-13-14-32-21(16-26)18-7-3-2-4-8-18/h2-4,7-10,15,21H,5-6,11-14,16H2,1H3,(H,24,28)(H,25,29). The van der Waals surface area contributed by atoms with E-state index in [1.54, 1.807) is 13.0 Å². The fraction of sp³-hybridized carbons (Fsp3) is 0.391. The van der Waals surface area contributed by atoms with Gasteiger partial charge < -0.3 is 15.4 Å². The van der Waals surface area contributed by atoms with Gasteiger partial charge in [-0.1, -0.05) is 36.4 Å². The maximum Gasteiger partial charge on any atom is 0.313 e. The van der Waals surface area contributed by atoms with Crippen LogP contribution in [0.4, 0.5) is 11.4 Å². The van der Waals surface area contributed by atoms with Gasteiger partial charge in [-0.05, 0) is 43.5 Å². The number of unbranched alkanes of at least 4 members (excludes halogenated alkanes) is 1. The molecule has 1 fully saturated rings. The number of rotatable bonds is 8. The Labute approximate surface area is 186 Å². The van der Waals surface area contributed by atoms with Crippen LogP contribution in [0.3, 0.4) is 0 Å². The average molecular weight is 441 g/mol. The molecule has 1 heterocycles. The number of nitro benzene ring substituents is 1. The summed E-state index contributed by atoms with van der Waals surface area (Å²) in [6, 6.07) is 14.5. The highest BCUT2D eigenvalue weighted by molar-refractivity contribution is 6.39. The van der Waals surface area contributed by atoms with Gasteiger partial charge in [-0.3, -0.25) is 24.6 Å². The van der Waals surface area contributed by atoms with Crippen LogP contribution in [0, 0.1) is 17.0 Å². The summed E-state index contributed by atoms with van der Waals surface area (Å²) in [5, 5.41) is 16.0. The summed E-state index contributed by atoms with van der Waals surface area (Å²) in [4.78, 5) is 37.0. The third-order valence-electron chi connectivity index (χ3n) is 5.31. The summed E-state index contributed by atoms with van der Waals surface area (Å²) in [5.74, 6) is -1.73. The Morgan fingerprint density at radius 3 is 2.69 bits per heavy atom. The Morgan fingerprint density at radius 1 is 1.16 bits per heavy atom. The first-order chi connectivity index (χ1) is 15.4. The van der Waals surface area contributed by atoms with Crippen LogP contribution in [-0.4, -0.2) is 54.4 Å². The minimum atomic E-state index is -0.921. The molecule has 9 nitrogen and oxygen atoms in total. The number of ether oxygens (including phenoxy) is 1. The number of hydrogen-bond donors (Lipinski definition) is 2. The molecule has 3 rings (SSSR count). The van der Waals surface area contributed by atoms with Gasteiger partial charge in [-0.25, -0.2) is 0 Å². The van der Waals surface area contributed by atoms with Gasteiger partial charge >= 0.3 is 11.8 Å². The van der Waals surface area contributed by atoms with E-state index in [4.69, 9.17) is 4.74 Å². The van der Waals surface area contributed by atoms with Crippen molar-refractivity contribution >= 4 is 23.2 Å². The summed E-state index contributed by atoms with van der Waals surface area (Å²) in [7, 11) is 0. The number of anilines is 1. The molecule has 1 aliphatic heterocycles. The topological polar surface area (TPSA) is 114 Å². The molecule has 1 aliphatic rings. The fourth-order valence-electron chi connectivity index (χ4n) is 3.60. The van der Waals surface area contributed by atoms with Crippen LogP contribution >= 0.6 is 0 Å². The minimum absolute atomic E-state index is 0.000961. The summed E-state index contributed by atoms with van der Waals surface area (Å²) in [5.41, 5.74) is 1.62. The number of hydrogen-bond acceptors (Lipinski definition) is 6. The van der Waals surface area contributed by atoms with Gasteiger partial charge in [0.2, 0.25) is 0 Å². The van der Waals surface area contributed by atoms with Gasteiger partial charge in [0.1, 0.15) is 5.69 Å². The van der Waals surface area contributed by atoms with Gasteiger partial charge in [-0.2, -0.15) is 0 Å². The van der Waals surface area contributed by atoms with Crippen molar-refractivity contribution in [3.05, 3.63) is 69.8 Å². The first-order valence-corrected chi connectivity index (χ1v) is 10.7. The van der Waals surface area contributed by atoms with Crippen molar-refractivity contribution in [3.63, 3.8) is 0 Å². The number of benzene rings is 2. The number of nitro groups is 1. The Hall–Kier alpha value is -3.30. The number of amides is 2. The highest BCUT2D eigenvalue weighted by atomic mass is 16.6. The Morgan fingerprint density at radius 2 is 1.94 bits per heavy atom. The maximum absolute atomic E-state index is 12.1. The molecule has 0 aromatic heterocycles. The van der Waals surface area contributed by atoms with Crippen molar-refractivity contribution < 1.29 is 19.2 Å². The molecule has 1 atom stereocenters. The van der Waals surface area contributed by atoms with Crippen LogP contribution in [0.5, 0.6) is 0 Å². The number of aryl methyl sites for hydroxylation is 1. The first-order valence-electron chi connectivity index (χ1n) is 10.7. The first kappa shape index (κ1) is 23.4. The molecule has 170 valence electrons. The van der Waals surface area contributed by atoms with Crippen LogP contribution in [0.2, 0.25) is 0 Å². The van der Waals surface area contributed by atoms with E-state index >= 15 is 0 Å². The lowest BCUT2D eigenvalue weighted by molar-refractivity contribution is -0.384. The SMILES string of the molecule is Cc1ccc(NC(=O)C(=O)NCCCCN2CCOC(c3ccccc3)C2)c([N+](=O)[O-])c1. The van der Waals surface area contributed by atoms with Crippen molar-refractivity contribution in [3.8, 4) is 0 Å². The van der Waals surface area contributed by atoms with Gasteiger partial charge in [0.05, 0.1) is 17.6 Å². The molecule has 0 aliphatic carbocycles. The van der Waals surface area contributed by atoms with Gasteiger partial charge in [0.25, 0.3) is 5.69 Å². The van der Waals surface area contributed by atoms with Crippen LogP contribution in [0.1, 0.15) is 30.1 Å². The molecule has 32 heavy (non-hydrogen) atoms. The van der Waals surface area contributed by atoms with E-state index in [0.29, 0.717) is 18.7 Å². The number of nitrogens with one attached hydrogen (secondary N) is 2. The molecule has 1 saturated heterocycles. The Balaban J connectivity index is 1.37. The lowest BCUT2D eigenvalue weighted by Gasteiger charge is -2.33. The molecule has 9 heteroatoms. The van der Waals surface area contributed by atoms with Crippen LogP contribution < -0.4 is 10.6 Å². The predicted octanol–water partition coefficient (Wildman–Crippen LogP) is 2.81. The monoisotopic (exact) mass is 440 g/mol. The molecule has 0 radical (unpaired) electrons. The second-order valence-electron chi connectivity index (χ2n) is 7.77. The Kier molecular flexibility index (Phi) is 8.29. The van der Waals surface area contributed by atoms with Gasteiger partial charge in [-0.15, -0.1) is 0 Å². The predicted molar refractivity (Wildman–Crippen MR) is 120 cm³/mol. The summed E-state index contributed by atoms with van der Waals surface area (Å²) in [6.07, 6.45) is 1.66. The third kappa shape index (κ3) is 6.60. The lowest BCUT2D eigenvalue weighted by Crippen LogP contribution is -2.39. The van der Waals surface area contributed by atoms with E-state index in [0.717, 1.165) is 32.5 Å². The third-order valence-corrected chi connectivity index (χ3v) is 5.31.